The van der Waals surface area contributed by atoms with Crippen molar-refractivity contribution >= 4 is 52.6 Å². The molecule has 13 heavy (non-hydrogen) atoms. The number of aliphatic imine (C=N–C) groups is 1. The summed E-state index contributed by atoms with van der Waals surface area (Å²) >= 11 is 17.6. The number of fused-ring (bicyclic) bond motifs is 1. The molecule has 0 spiro atoms. The van der Waals surface area contributed by atoms with Crippen LogP contribution in [0.2, 0.25) is 0 Å². The summed E-state index contributed by atoms with van der Waals surface area (Å²) in [6.45, 7) is 0. The first kappa shape index (κ1) is 9.13. The molecule has 2 rings (SSSR count). The van der Waals surface area contributed by atoms with Crippen LogP contribution in [0.15, 0.2) is 29.3 Å². The first-order chi connectivity index (χ1) is 6.11. The van der Waals surface area contributed by atoms with Gasteiger partial charge in [-0.1, -0.05) is 35.3 Å². The van der Waals surface area contributed by atoms with Crippen molar-refractivity contribution in [1.82, 2.24) is 0 Å². The van der Waals surface area contributed by atoms with Crippen molar-refractivity contribution in [2.45, 2.75) is 4.46 Å². The standard InChI is InChI=1S/C8H5Cl3N2/c9-8(10)5-12-6-3-1-2-4-7(6)13(8)11/h1-5H. The third-order valence-corrected chi connectivity index (χ3v) is 2.87. The minimum Gasteiger partial charge on any atom is -0.254 e. The molecule has 1 aliphatic rings. The Bertz CT molecular complexity index is 362. The molecule has 5 heteroatoms. The first-order valence-corrected chi connectivity index (χ1v) is 4.69. The number of halogens is 3. The van der Waals surface area contributed by atoms with E-state index in [0.29, 0.717) is 5.69 Å². The molecule has 68 valence electrons. The van der Waals surface area contributed by atoms with Crippen LogP contribution in [0, 0.1) is 0 Å². The van der Waals surface area contributed by atoms with Gasteiger partial charge < -0.3 is 0 Å². The lowest BCUT2D eigenvalue weighted by molar-refractivity contribution is 1.07. The number of rotatable bonds is 0. The number of hydrogen-bond donors (Lipinski definition) is 0. The molecule has 0 amide bonds. The van der Waals surface area contributed by atoms with Crippen molar-refractivity contribution in [2.24, 2.45) is 4.99 Å². The molecule has 1 aromatic carbocycles. The Morgan fingerprint density at radius 3 is 2.69 bits per heavy atom. The Kier molecular flexibility index (Phi) is 2.14. The highest BCUT2D eigenvalue weighted by molar-refractivity contribution is 6.61. The van der Waals surface area contributed by atoms with Crippen LogP contribution in [0.1, 0.15) is 0 Å². The van der Waals surface area contributed by atoms with E-state index in [0.717, 1.165) is 5.69 Å². The van der Waals surface area contributed by atoms with Crippen molar-refractivity contribution in [2.75, 3.05) is 4.42 Å². The smallest absolute Gasteiger partial charge is 0.240 e. The zero-order valence-corrected chi connectivity index (χ0v) is 8.68. The fourth-order valence-electron chi connectivity index (χ4n) is 1.10. The van der Waals surface area contributed by atoms with Crippen molar-refractivity contribution in [3.05, 3.63) is 24.3 Å². The molecule has 1 aliphatic heterocycles. The largest absolute Gasteiger partial charge is 0.254 e. The van der Waals surface area contributed by atoms with E-state index in [1.54, 1.807) is 6.07 Å². The van der Waals surface area contributed by atoms with Crippen molar-refractivity contribution in [3.8, 4) is 0 Å². The van der Waals surface area contributed by atoms with Gasteiger partial charge in [0.15, 0.2) is 0 Å². The second-order valence-electron chi connectivity index (χ2n) is 2.62. The Morgan fingerprint density at radius 2 is 1.92 bits per heavy atom. The predicted octanol–water partition coefficient (Wildman–Crippen LogP) is 3.49. The molecular formula is C8H5Cl3N2. The first-order valence-electron chi connectivity index (χ1n) is 3.59. The summed E-state index contributed by atoms with van der Waals surface area (Å²) in [5, 5.41) is 0. The number of alkyl halides is 2. The van der Waals surface area contributed by atoms with Crippen LogP contribution >= 0.6 is 35.0 Å². The maximum Gasteiger partial charge on any atom is 0.240 e. The van der Waals surface area contributed by atoms with Crippen LogP contribution in [0.4, 0.5) is 11.4 Å². The van der Waals surface area contributed by atoms with Crippen LogP contribution in [-0.2, 0) is 0 Å². The molecule has 1 heterocycles. The van der Waals surface area contributed by atoms with Crippen molar-refractivity contribution in [3.63, 3.8) is 0 Å². The number of anilines is 1. The summed E-state index contributed by atoms with van der Waals surface area (Å²) in [5.74, 6) is 0. The van der Waals surface area contributed by atoms with E-state index in [2.05, 4.69) is 4.99 Å². The third kappa shape index (κ3) is 1.50. The van der Waals surface area contributed by atoms with Gasteiger partial charge in [0.05, 0.1) is 17.6 Å². The lowest BCUT2D eigenvalue weighted by Gasteiger charge is -2.30. The van der Waals surface area contributed by atoms with E-state index in [4.69, 9.17) is 35.0 Å². The van der Waals surface area contributed by atoms with Crippen LogP contribution < -0.4 is 4.42 Å². The SMILES string of the molecule is ClN1c2ccccc2N=CC1(Cl)Cl. The number of benzene rings is 1. The Hall–Kier alpha value is -0.440. The van der Waals surface area contributed by atoms with Crippen molar-refractivity contribution < 1.29 is 0 Å². The molecule has 0 N–H and O–H groups in total. The summed E-state index contributed by atoms with van der Waals surface area (Å²) in [6.07, 6.45) is 1.39. The van der Waals surface area contributed by atoms with Gasteiger partial charge in [-0.15, -0.1) is 0 Å². The number of para-hydroxylation sites is 2. The Labute approximate surface area is 90.8 Å². The molecule has 0 saturated heterocycles. The van der Waals surface area contributed by atoms with E-state index in [-0.39, 0.29) is 0 Å². The van der Waals surface area contributed by atoms with Crippen LogP contribution in [0.5, 0.6) is 0 Å². The van der Waals surface area contributed by atoms with E-state index >= 15 is 0 Å². The predicted molar refractivity (Wildman–Crippen MR) is 57.4 cm³/mol. The van der Waals surface area contributed by atoms with Crippen LogP contribution in [0.3, 0.4) is 0 Å². The quantitative estimate of drug-likeness (QED) is 0.382. The lowest BCUT2D eigenvalue weighted by atomic mass is 10.2. The summed E-state index contributed by atoms with van der Waals surface area (Å²) in [5.41, 5.74) is 1.46. The fraction of sp³-hybridized carbons (Fsp3) is 0.125. The van der Waals surface area contributed by atoms with E-state index in [1.165, 1.54) is 10.6 Å². The molecule has 0 bridgehead atoms. The van der Waals surface area contributed by atoms with Gasteiger partial charge in [-0.25, -0.2) is 4.42 Å². The average Bonchev–Trinajstić information content (AvgIpc) is 2.13. The molecule has 0 radical (unpaired) electrons. The van der Waals surface area contributed by atoms with Crippen LogP contribution in [0.25, 0.3) is 0 Å². The summed E-state index contributed by atoms with van der Waals surface area (Å²) < 4.78 is -0.0195. The van der Waals surface area contributed by atoms with Gasteiger partial charge in [0.2, 0.25) is 4.46 Å². The highest BCUT2D eigenvalue weighted by Gasteiger charge is 2.34. The van der Waals surface area contributed by atoms with Crippen molar-refractivity contribution in [1.29, 1.82) is 0 Å². The Balaban J connectivity index is 2.55. The van der Waals surface area contributed by atoms with Gasteiger partial charge in [0.1, 0.15) is 0 Å². The number of hydrogen-bond acceptors (Lipinski definition) is 2. The fourth-order valence-corrected chi connectivity index (χ4v) is 1.56. The summed E-state index contributed by atoms with van der Waals surface area (Å²) in [6, 6.07) is 7.36. The maximum absolute atomic E-state index is 5.92. The molecule has 0 fully saturated rings. The van der Waals surface area contributed by atoms with E-state index in [1.807, 2.05) is 18.2 Å². The monoisotopic (exact) mass is 234 g/mol. The third-order valence-electron chi connectivity index (χ3n) is 1.71. The number of nitrogens with zero attached hydrogens (tertiary/aromatic N) is 2. The Morgan fingerprint density at radius 1 is 1.23 bits per heavy atom. The minimum atomic E-state index is -1.27. The summed E-state index contributed by atoms with van der Waals surface area (Å²) in [7, 11) is 0. The molecule has 0 atom stereocenters. The van der Waals surface area contributed by atoms with Gasteiger partial charge in [0.25, 0.3) is 0 Å². The van der Waals surface area contributed by atoms with Gasteiger partial charge in [-0.3, -0.25) is 4.99 Å². The van der Waals surface area contributed by atoms with Gasteiger partial charge in [0, 0.05) is 11.8 Å². The normalized spacial score (nSPS) is 18.5. The minimum absolute atomic E-state index is 0.705. The molecular weight excluding hydrogens is 230 g/mol. The molecule has 0 saturated carbocycles. The average molecular weight is 236 g/mol. The molecule has 1 aromatic rings. The second-order valence-corrected chi connectivity index (χ2v) is 4.30. The highest BCUT2D eigenvalue weighted by Crippen LogP contribution is 2.41. The van der Waals surface area contributed by atoms with Gasteiger partial charge in [-0.2, -0.15) is 0 Å². The molecule has 0 aliphatic carbocycles. The molecule has 2 nitrogen and oxygen atoms in total. The summed E-state index contributed by atoms with van der Waals surface area (Å²) in [4.78, 5) is 4.08. The van der Waals surface area contributed by atoms with Gasteiger partial charge in [-0.05, 0) is 12.1 Å². The zero-order valence-electron chi connectivity index (χ0n) is 6.42. The maximum atomic E-state index is 5.92. The lowest BCUT2D eigenvalue weighted by Crippen LogP contribution is -2.35. The second kappa shape index (κ2) is 3.05. The van der Waals surface area contributed by atoms with E-state index in [9.17, 15) is 0 Å². The molecule has 0 unspecified atom stereocenters. The molecule has 0 aromatic heterocycles. The van der Waals surface area contributed by atoms with Crippen LogP contribution in [-0.4, -0.2) is 10.7 Å². The topological polar surface area (TPSA) is 15.6 Å². The zero-order chi connectivity index (χ0) is 9.47. The van der Waals surface area contributed by atoms with E-state index < -0.39 is 4.46 Å². The van der Waals surface area contributed by atoms with Gasteiger partial charge >= 0.3 is 0 Å². The highest BCUT2D eigenvalue weighted by atomic mass is 35.5.